The van der Waals surface area contributed by atoms with E-state index in [0.717, 1.165) is 33.5 Å². The Morgan fingerprint density at radius 2 is 1.70 bits per heavy atom. The average molecular weight is 390 g/mol. The average Bonchev–Trinajstić information content (AvgIpc) is 3.17. The van der Waals surface area contributed by atoms with E-state index in [9.17, 15) is 5.26 Å². The molecule has 144 valence electrons. The molecular formula is C24H18N6. The molecule has 3 heterocycles. The van der Waals surface area contributed by atoms with Crippen LogP contribution in [0.5, 0.6) is 0 Å². The second kappa shape index (κ2) is 7.30. The van der Waals surface area contributed by atoms with E-state index in [0.29, 0.717) is 23.6 Å². The molecule has 0 fully saturated rings. The minimum absolute atomic E-state index is 0.495. The van der Waals surface area contributed by atoms with Crippen molar-refractivity contribution in [3.63, 3.8) is 0 Å². The highest BCUT2D eigenvalue weighted by atomic mass is 15.2. The molecule has 0 bridgehead atoms. The fourth-order valence-corrected chi connectivity index (χ4v) is 3.80. The van der Waals surface area contributed by atoms with E-state index in [1.165, 1.54) is 0 Å². The molecule has 0 saturated carbocycles. The molecule has 0 aliphatic rings. The predicted octanol–water partition coefficient (Wildman–Crippen LogP) is 4.79. The Labute approximate surface area is 173 Å². The minimum Gasteiger partial charge on any atom is -0.310 e. The van der Waals surface area contributed by atoms with Crippen molar-refractivity contribution in [3.8, 4) is 6.07 Å². The summed E-state index contributed by atoms with van der Waals surface area (Å²) < 4.78 is 2.01. The molecule has 1 N–H and O–H groups in total. The van der Waals surface area contributed by atoms with Crippen molar-refractivity contribution in [2.24, 2.45) is 0 Å². The van der Waals surface area contributed by atoms with Crippen molar-refractivity contribution < 1.29 is 0 Å². The second-order valence-corrected chi connectivity index (χ2v) is 7.06. The van der Waals surface area contributed by atoms with Crippen LogP contribution in [0.1, 0.15) is 22.3 Å². The van der Waals surface area contributed by atoms with Crippen LogP contribution in [0.2, 0.25) is 0 Å². The lowest BCUT2D eigenvalue weighted by Gasteiger charge is -2.18. The Balaban J connectivity index is 1.85. The SMILES string of the molecule is Cc1c(Cc2ccccc2)c(Nc2ncccn2)n2c(nc3ccccc32)c1C#N. The van der Waals surface area contributed by atoms with Gasteiger partial charge in [-0.2, -0.15) is 5.26 Å². The fourth-order valence-electron chi connectivity index (χ4n) is 3.80. The highest BCUT2D eigenvalue weighted by Crippen LogP contribution is 2.33. The smallest absolute Gasteiger partial charge is 0.228 e. The summed E-state index contributed by atoms with van der Waals surface area (Å²) in [4.78, 5) is 13.4. The second-order valence-electron chi connectivity index (χ2n) is 7.06. The van der Waals surface area contributed by atoms with Crippen molar-refractivity contribution in [2.75, 3.05) is 5.32 Å². The molecule has 0 radical (unpaired) electrons. The summed E-state index contributed by atoms with van der Waals surface area (Å²) in [7, 11) is 0. The Hall–Kier alpha value is -4.24. The number of para-hydroxylation sites is 2. The Morgan fingerprint density at radius 1 is 0.967 bits per heavy atom. The third-order valence-electron chi connectivity index (χ3n) is 5.25. The molecule has 30 heavy (non-hydrogen) atoms. The summed E-state index contributed by atoms with van der Waals surface area (Å²) in [5.74, 6) is 1.32. The van der Waals surface area contributed by atoms with Crippen LogP contribution in [0.25, 0.3) is 16.7 Å². The maximum Gasteiger partial charge on any atom is 0.228 e. The molecule has 0 amide bonds. The molecule has 6 nitrogen and oxygen atoms in total. The summed E-state index contributed by atoms with van der Waals surface area (Å²) in [6.45, 7) is 1.98. The molecule has 5 aromatic rings. The monoisotopic (exact) mass is 390 g/mol. The van der Waals surface area contributed by atoms with Gasteiger partial charge in [-0.1, -0.05) is 42.5 Å². The van der Waals surface area contributed by atoms with E-state index in [2.05, 4.69) is 33.5 Å². The van der Waals surface area contributed by atoms with Gasteiger partial charge in [-0.15, -0.1) is 0 Å². The number of anilines is 2. The van der Waals surface area contributed by atoms with Gasteiger partial charge < -0.3 is 5.32 Å². The van der Waals surface area contributed by atoms with Crippen LogP contribution in [0.3, 0.4) is 0 Å². The topological polar surface area (TPSA) is 78.9 Å². The van der Waals surface area contributed by atoms with Crippen molar-refractivity contribution in [2.45, 2.75) is 13.3 Å². The van der Waals surface area contributed by atoms with Crippen LogP contribution >= 0.6 is 0 Å². The summed E-state index contributed by atoms with van der Waals surface area (Å²) in [5.41, 5.74) is 6.05. The van der Waals surface area contributed by atoms with Gasteiger partial charge in [0.05, 0.1) is 16.6 Å². The summed E-state index contributed by atoms with van der Waals surface area (Å²) >= 11 is 0. The molecule has 6 heteroatoms. The Bertz CT molecular complexity index is 1400. The van der Waals surface area contributed by atoms with E-state index in [4.69, 9.17) is 4.98 Å². The van der Waals surface area contributed by atoms with Crippen molar-refractivity contribution in [3.05, 3.63) is 95.3 Å². The number of fused-ring (bicyclic) bond motifs is 3. The van der Waals surface area contributed by atoms with Crippen LogP contribution in [-0.4, -0.2) is 19.4 Å². The number of benzene rings is 2. The van der Waals surface area contributed by atoms with Crippen LogP contribution in [0.4, 0.5) is 11.8 Å². The third kappa shape index (κ3) is 2.93. The van der Waals surface area contributed by atoms with E-state index >= 15 is 0 Å². The van der Waals surface area contributed by atoms with Gasteiger partial charge in [0.15, 0.2) is 5.65 Å². The van der Waals surface area contributed by atoms with Crippen LogP contribution < -0.4 is 5.32 Å². The number of hydrogen-bond donors (Lipinski definition) is 1. The van der Waals surface area contributed by atoms with Crippen molar-refractivity contribution >= 4 is 28.4 Å². The number of imidazole rings is 1. The molecular weight excluding hydrogens is 372 g/mol. The summed E-state index contributed by atoms with van der Waals surface area (Å²) in [6.07, 6.45) is 4.07. The van der Waals surface area contributed by atoms with Gasteiger partial charge >= 0.3 is 0 Å². The van der Waals surface area contributed by atoms with Crippen molar-refractivity contribution in [1.82, 2.24) is 19.4 Å². The number of rotatable bonds is 4. The van der Waals surface area contributed by atoms with Gasteiger partial charge in [0, 0.05) is 24.4 Å². The van der Waals surface area contributed by atoms with Gasteiger partial charge in [0.25, 0.3) is 0 Å². The van der Waals surface area contributed by atoms with E-state index in [1.54, 1.807) is 18.5 Å². The first-order valence-electron chi connectivity index (χ1n) is 9.67. The first-order valence-corrected chi connectivity index (χ1v) is 9.67. The Morgan fingerprint density at radius 3 is 2.47 bits per heavy atom. The lowest BCUT2D eigenvalue weighted by molar-refractivity contribution is 1.06. The van der Waals surface area contributed by atoms with Gasteiger partial charge in [-0.25, -0.2) is 15.0 Å². The van der Waals surface area contributed by atoms with Gasteiger partial charge in [0.2, 0.25) is 5.95 Å². The number of nitrogens with zero attached hydrogens (tertiary/aromatic N) is 5. The van der Waals surface area contributed by atoms with Crippen LogP contribution in [0, 0.1) is 18.3 Å². The number of hydrogen-bond acceptors (Lipinski definition) is 5. The summed E-state index contributed by atoms with van der Waals surface area (Å²) in [6, 6.07) is 22.3. The Kier molecular flexibility index (Phi) is 4.34. The third-order valence-corrected chi connectivity index (χ3v) is 5.25. The molecule has 5 rings (SSSR count). The zero-order valence-electron chi connectivity index (χ0n) is 16.4. The first kappa shape index (κ1) is 17.8. The predicted molar refractivity (Wildman–Crippen MR) is 117 cm³/mol. The normalized spacial score (nSPS) is 10.9. The fraction of sp³-hybridized carbons (Fsp3) is 0.0833. The lowest BCUT2D eigenvalue weighted by atomic mass is 9.98. The standard InChI is InChI=1S/C24H18N6/c1-16-18(14-17-8-3-2-4-9-17)22(29-24-26-12-7-13-27-24)30-21-11-6-5-10-20(21)28-23(30)19(16)15-25/h2-13H,14H2,1H3,(H,26,27,29). The largest absolute Gasteiger partial charge is 0.310 e. The zero-order valence-corrected chi connectivity index (χ0v) is 16.4. The molecule has 0 unspecified atom stereocenters. The quantitative estimate of drug-likeness (QED) is 0.477. The number of nitrogens with one attached hydrogen (secondary N) is 1. The lowest BCUT2D eigenvalue weighted by Crippen LogP contribution is -2.10. The van der Waals surface area contributed by atoms with E-state index in [1.807, 2.05) is 53.8 Å². The first-order chi connectivity index (χ1) is 14.8. The summed E-state index contributed by atoms with van der Waals surface area (Å²) in [5, 5.41) is 13.4. The van der Waals surface area contributed by atoms with Crippen LogP contribution in [0.15, 0.2) is 73.1 Å². The molecule has 0 atom stereocenters. The van der Waals surface area contributed by atoms with Gasteiger partial charge in [0.1, 0.15) is 11.9 Å². The van der Waals surface area contributed by atoms with Crippen molar-refractivity contribution in [1.29, 1.82) is 5.26 Å². The number of aromatic nitrogens is 4. The molecule has 3 aromatic heterocycles. The highest BCUT2D eigenvalue weighted by molar-refractivity contribution is 5.86. The molecule has 0 saturated heterocycles. The maximum absolute atomic E-state index is 9.96. The van der Waals surface area contributed by atoms with E-state index < -0.39 is 0 Å². The number of pyridine rings is 1. The minimum atomic E-state index is 0.495. The maximum atomic E-state index is 9.96. The molecule has 2 aromatic carbocycles. The molecule has 0 aliphatic heterocycles. The molecule has 0 aliphatic carbocycles. The molecule has 0 spiro atoms. The van der Waals surface area contributed by atoms with Crippen LogP contribution in [-0.2, 0) is 6.42 Å². The highest BCUT2D eigenvalue weighted by Gasteiger charge is 2.21. The van der Waals surface area contributed by atoms with Gasteiger partial charge in [-0.05, 0) is 36.2 Å². The van der Waals surface area contributed by atoms with Gasteiger partial charge in [-0.3, -0.25) is 4.40 Å². The zero-order chi connectivity index (χ0) is 20.5. The number of nitriles is 1. The van der Waals surface area contributed by atoms with E-state index in [-0.39, 0.29) is 0 Å².